The van der Waals surface area contributed by atoms with E-state index in [9.17, 15) is 5.11 Å². The maximum absolute atomic E-state index is 9.85. The van der Waals surface area contributed by atoms with Crippen molar-refractivity contribution in [3.05, 3.63) is 24.3 Å². The molecule has 2 rings (SSSR count). The molecule has 0 saturated carbocycles. The van der Waals surface area contributed by atoms with Gasteiger partial charge in [-0.2, -0.15) is 0 Å². The predicted octanol–water partition coefficient (Wildman–Crippen LogP) is 1.20. The smallest absolute Gasteiger partial charge is 0.123 e. The van der Waals surface area contributed by atoms with Gasteiger partial charge in [-0.15, -0.1) is 0 Å². The standard InChI is InChI=1S/C15H23NO4/c1-18-13-4-2-5-14(8-13)20-11-12(17)9-16-10-15-6-3-7-19-15/h2,4-5,8,12,15-17H,3,6-7,9-11H2,1H3. The highest BCUT2D eigenvalue weighted by Gasteiger charge is 2.15. The maximum Gasteiger partial charge on any atom is 0.123 e. The molecule has 0 radical (unpaired) electrons. The lowest BCUT2D eigenvalue weighted by molar-refractivity contribution is 0.0881. The van der Waals surface area contributed by atoms with Crippen molar-refractivity contribution in [1.29, 1.82) is 0 Å². The van der Waals surface area contributed by atoms with Gasteiger partial charge in [0.05, 0.1) is 13.2 Å². The average molecular weight is 281 g/mol. The summed E-state index contributed by atoms with van der Waals surface area (Å²) in [5.41, 5.74) is 0. The highest BCUT2D eigenvalue weighted by atomic mass is 16.5. The van der Waals surface area contributed by atoms with E-state index in [0.29, 0.717) is 18.4 Å². The third kappa shape index (κ3) is 5.00. The second kappa shape index (κ2) is 8.09. The Morgan fingerprint density at radius 2 is 2.30 bits per heavy atom. The van der Waals surface area contributed by atoms with E-state index in [2.05, 4.69) is 5.32 Å². The van der Waals surface area contributed by atoms with Crippen molar-refractivity contribution in [3.8, 4) is 11.5 Å². The molecule has 0 aromatic heterocycles. The quantitative estimate of drug-likeness (QED) is 0.750. The summed E-state index contributed by atoms with van der Waals surface area (Å²) in [6.07, 6.45) is 1.99. The zero-order valence-electron chi connectivity index (χ0n) is 11.9. The SMILES string of the molecule is COc1cccc(OCC(O)CNCC2CCCO2)c1. The van der Waals surface area contributed by atoms with Crippen LogP contribution in [0.15, 0.2) is 24.3 Å². The van der Waals surface area contributed by atoms with E-state index >= 15 is 0 Å². The molecule has 0 bridgehead atoms. The summed E-state index contributed by atoms with van der Waals surface area (Å²) in [6.45, 7) is 2.40. The molecule has 2 unspecified atom stereocenters. The van der Waals surface area contributed by atoms with E-state index < -0.39 is 6.10 Å². The molecule has 1 saturated heterocycles. The number of rotatable bonds is 8. The maximum atomic E-state index is 9.85. The first-order valence-corrected chi connectivity index (χ1v) is 7.05. The molecule has 1 aliphatic rings. The number of methoxy groups -OCH3 is 1. The van der Waals surface area contributed by atoms with Crippen molar-refractivity contribution in [3.63, 3.8) is 0 Å². The van der Waals surface area contributed by atoms with E-state index in [1.807, 2.05) is 18.2 Å². The molecule has 1 aromatic rings. The van der Waals surface area contributed by atoms with Crippen LogP contribution in [-0.2, 0) is 4.74 Å². The molecule has 2 N–H and O–H groups in total. The normalized spacial score (nSPS) is 19.8. The van der Waals surface area contributed by atoms with Gasteiger partial charge in [-0.1, -0.05) is 6.07 Å². The van der Waals surface area contributed by atoms with E-state index in [0.717, 1.165) is 31.7 Å². The van der Waals surface area contributed by atoms with Crippen LogP contribution in [0.4, 0.5) is 0 Å². The summed E-state index contributed by atoms with van der Waals surface area (Å²) < 4.78 is 16.1. The van der Waals surface area contributed by atoms with Crippen molar-refractivity contribution in [2.24, 2.45) is 0 Å². The van der Waals surface area contributed by atoms with Gasteiger partial charge in [0, 0.05) is 25.8 Å². The molecular weight excluding hydrogens is 258 g/mol. The number of benzene rings is 1. The zero-order valence-corrected chi connectivity index (χ0v) is 11.9. The van der Waals surface area contributed by atoms with Crippen molar-refractivity contribution in [2.45, 2.75) is 25.0 Å². The molecule has 0 aliphatic carbocycles. The molecule has 1 heterocycles. The molecule has 20 heavy (non-hydrogen) atoms. The van der Waals surface area contributed by atoms with Gasteiger partial charge in [0.25, 0.3) is 0 Å². The molecule has 1 aliphatic heterocycles. The highest BCUT2D eigenvalue weighted by molar-refractivity contribution is 5.32. The Kier molecular flexibility index (Phi) is 6.11. The van der Waals surface area contributed by atoms with Gasteiger partial charge in [-0.3, -0.25) is 0 Å². The first-order chi connectivity index (χ1) is 9.78. The number of aliphatic hydroxyl groups excluding tert-OH is 1. The minimum absolute atomic E-state index is 0.256. The van der Waals surface area contributed by atoms with Crippen LogP contribution in [0.5, 0.6) is 11.5 Å². The average Bonchev–Trinajstić information content (AvgIpc) is 2.98. The molecule has 1 fully saturated rings. The number of ether oxygens (including phenoxy) is 3. The second-order valence-corrected chi connectivity index (χ2v) is 4.94. The van der Waals surface area contributed by atoms with Crippen LogP contribution in [0.3, 0.4) is 0 Å². The number of hydrogen-bond donors (Lipinski definition) is 2. The fourth-order valence-electron chi connectivity index (χ4n) is 2.16. The van der Waals surface area contributed by atoms with Gasteiger partial charge in [0.2, 0.25) is 0 Å². The van der Waals surface area contributed by atoms with Gasteiger partial charge in [-0.25, -0.2) is 0 Å². The molecular formula is C15H23NO4. The monoisotopic (exact) mass is 281 g/mol. The van der Waals surface area contributed by atoms with Gasteiger partial charge in [0.15, 0.2) is 0 Å². The van der Waals surface area contributed by atoms with Crippen LogP contribution in [-0.4, -0.2) is 50.7 Å². The largest absolute Gasteiger partial charge is 0.497 e. The topological polar surface area (TPSA) is 60.0 Å². The van der Waals surface area contributed by atoms with Gasteiger partial charge in [-0.05, 0) is 25.0 Å². The summed E-state index contributed by atoms with van der Waals surface area (Å²) in [6, 6.07) is 7.35. The minimum Gasteiger partial charge on any atom is -0.497 e. The molecule has 112 valence electrons. The lowest BCUT2D eigenvalue weighted by Gasteiger charge is -2.15. The second-order valence-electron chi connectivity index (χ2n) is 4.94. The zero-order chi connectivity index (χ0) is 14.2. The summed E-state index contributed by atoms with van der Waals surface area (Å²) in [7, 11) is 1.61. The van der Waals surface area contributed by atoms with E-state index in [-0.39, 0.29) is 6.61 Å². The molecule has 5 nitrogen and oxygen atoms in total. The lowest BCUT2D eigenvalue weighted by Crippen LogP contribution is -2.35. The van der Waals surface area contributed by atoms with Crippen LogP contribution in [0.1, 0.15) is 12.8 Å². The van der Waals surface area contributed by atoms with Crippen molar-refractivity contribution in [1.82, 2.24) is 5.32 Å². The van der Waals surface area contributed by atoms with Gasteiger partial charge in [0.1, 0.15) is 24.2 Å². The van der Waals surface area contributed by atoms with Gasteiger partial charge >= 0.3 is 0 Å². The first kappa shape index (κ1) is 15.1. The highest BCUT2D eigenvalue weighted by Crippen LogP contribution is 2.18. The Bertz CT molecular complexity index is 393. The van der Waals surface area contributed by atoms with Crippen LogP contribution >= 0.6 is 0 Å². The van der Waals surface area contributed by atoms with Crippen molar-refractivity contribution < 1.29 is 19.3 Å². The summed E-state index contributed by atoms with van der Waals surface area (Å²) in [5.74, 6) is 1.44. The van der Waals surface area contributed by atoms with E-state index in [1.54, 1.807) is 13.2 Å². The Balaban J connectivity index is 1.62. The summed E-state index contributed by atoms with van der Waals surface area (Å²) >= 11 is 0. The van der Waals surface area contributed by atoms with E-state index in [1.165, 1.54) is 0 Å². The Morgan fingerprint density at radius 3 is 3.05 bits per heavy atom. The molecule has 1 aromatic carbocycles. The van der Waals surface area contributed by atoms with Gasteiger partial charge < -0.3 is 24.6 Å². The third-order valence-electron chi connectivity index (χ3n) is 3.26. The van der Waals surface area contributed by atoms with E-state index in [4.69, 9.17) is 14.2 Å². The lowest BCUT2D eigenvalue weighted by atomic mass is 10.2. The Morgan fingerprint density at radius 1 is 1.45 bits per heavy atom. The van der Waals surface area contributed by atoms with Crippen molar-refractivity contribution in [2.75, 3.05) is 33.4 Å². The first-order valence-electron chi connectivity index (χ1n) is 7.05. The number of hydrogen-bond acceptors (Lipinski definition) is 5. The van der Waals surface area contributed by atoms with Crippen LogP contribution in [0, 0.1) is 0 Å². The Hall–Kier alpha value is -1.30. The van der Waals surface area contributed by atoms with Crippen LogP contribution in [0.2, 0.25) is 0 Å². The fraction of sp³-hybridized carbons (Fsp3) is 0.600. The number of nitrogens with one attached hydrogen (secondary N) is 1. The fourth-order valence-corrected chi connectivity index (χ4v) is 2.16. The third-order valence-corrected chi connectivity index (χ3v) is 3.26. The summed E-state index contributed by atoms with van der Waals surface area (Å²) in [5, 5.41) is 13.1. The molecule has 0 spiro atoms. The van der Waals surface area contributed by atoms with Crippen LogP contribution < -0.4 is 14.8 Å². The van der Waals surface area contributed by atoms with Crippen LogP contribution in [0.25, 0.3) is 0 Å². The predicted molar refractivity (Wildman–Crippen MR) is 76.3 cm³/mol. The number of aliphatic hydroxyl groups is 1. The van der Waals surface area contributed by atoms with Crippen molar-refractivity contribution >= 4 is 0 Å². The molecule has 0 amide bonds. The minimum atomic E-state index is -0.539. The molecule has 2 atom stereocenters. The summed E-state index contributed by atoms with van der Waals surface area (Å²) in [4.78, 5) is 0. The Labute approximate surface area is 119 Å². The molecule has 5 heteroatoms.